The summed E-state index contributed by atoms with van der Waals surface area (Å²) in [5.74, 6) is 1.47. The van der Waals surface area contributed by atoms with Gasteiger partial charge in [-0.15, -0.1) is 0 Å². The summed E-state index contributed by atoms with van der Waals surface area (Å²) in [5.41, 5.74) is 2.18. The third-order valence-electron chi connectivity index (χ3n) is 8.83. The third kappa shape index (κ3) is 2.39. The molecule has 3 unspecified atom stereocenters. The molecule has 1 aliphatic heterocycles. The number of carbonyl (C=O) groups is 2. The van der Waals surface area contributed by atoms with Crippen LogP contribution in [0, 0.1) is 23.2 Å². The predicted octanol–water partition coefficient (Wildman–Crippen LogP) is 3.61. The van der Waals surface area contributed by atoms with Crippen molar-refractivity contribution in [3.63, 3.8) is 0 Å². The van der Waals surface area contributed by atoms with Crippen LogP contribution in [0.15, 0.2) is 24.3 Å². The molecule has 6 aliphatic rings. The molecular weight excluding hydrogens is 364 g/mol. The Morgan fingerprint density at radius 1 is 1.17 bits per heavy atom. The summed E-state index contributed by atoms with van der Waals surface area (Å²) in [6.07, 6.45) is 8.34. The lowest BCUT2D eigenvalue weighted by molar-refractivity contribution is -0.174. The maximum absolute atomic E-state index is 13.3. The summed E-state index contributed by atoms with van der Waals surface area (Å²) < 4.78 is 5.21. The molecule has 4 bridgehead atoms. The second-order valence-electron chi connectivity index (χ2n) is 10.4. The van der Waals surface area contributed by atoms with Crippen molar-refractivity contribution < 1.29 is 14.3 Å². The molecule has 29 heavy (non-hydrogen) atoms. The second kappa shape index (κ2) is 5.99. The van der Waals surface area contributed by atoms with Gasteiger partial charge in [-0.1, -0.05) is 24.3 Å². The smallest absolute Gasteiger partial charge is 0.318 e. The number of amides is 2. The number of fused-ring (bicyclic) bond motifs is 2. The molecule has 1 N–H and O–H groups in total. The van der Waals surface area contributed by atoms with Gasteiger partial charge in [0.05, 0.1) is 24.6 Å². The first-order valence-corrected chi connectivity index (χ1v) is 11.3. The van der Waals surface area contributed by atoms with Crippen LogP contribution in [-0.4, -0.2) is 36.6 Å². The van der Waals surface area contributed by atoms with Crippen LogP contribution in [-0.2, 0) is 21.5 Å². The number of hydrogen-bond donors (Lipinski definition) is 1. The van der Waals surface area contributed by atoms with E-state index in [0.29, 0.717) is 17.8 Å². The number of hydrogen-bond acceptors (Lipinski definition) is 3. The molecule has 1 heterocycles. The lowest BCUT2D eigenvalue weighted by atomic mass is 9.47. The Morgan fingerprint density at radius 2 is 1.93 bits per heavy atom. The molecule has 5 heteroatoms. The number of nitrogens with one attached hydrogen (secondary N) is 1. The van der Waals surface area contributed by atoms with Gasteiger partial charge in [-0.3, -0.25) is 4.79 Å². The van der Waals surface area contributed by atoms with Crippen LogP contribution < -0.4 is 5.32 Å². The van der Waals surface area contributed by atoms with E-state index in [4.69, 9.17) is 4.74 Å². The van der Waals surface area contributed by atoms with Crippen molar-refractivity contribution in [1.82, 2.24) is 10.2 Å². The maximum atomic E-state index is 13.3. The largest absolute Gasteiger partial charge is 0.469 e. The fraction of sp³-hybridized carbons (Fsp3) is 0.667. The number of esters is 1. The Labute approximate surface area is 172 Å². The first kappa shape index (κ1) is 17.8. The zero-order chi connectivity index (χ0) is 19.8. The molecule has 5 nitrogen and oxygen atoms in total. The molecular formula is C24H30N2O3. The summed E-state index contributed by atoms with van der Waals surface area (Å²) in [7, 11) is 1.52. The van der Waals surface area contributed by atoms with Crippen LogP contribution in [0.25, 0.3) is 0 Å². The Kier molecular flexibility index (Phi) is 3.67. The molecule has 7 rings (SSSR count). The molecule has 0 radical (unpaired) electrons. The van der Waals surface area contributed by atoms with E-state index in [1.54, 1.807) is 0 Å². The number of ether oxygens (including phenoxy) is 1. The summed E-state index contributed by atoms with van der Waals surface area (Å²) in [6, 6.07) is 9.01. The van der Waals surface area contributed by atoms with E-state index in [0.717, 1.165) is 57.9 Å². The van der Waals surface area contributed by atoms with Crippen LogP contribution in [0.4, 0.5) is 4.79 Å². The zero-order valence-corrected chi connectivity index (χ0v) is 17.2. The van der Waals surface area contributed by atoms with Gasteiger partial charge in [-0.25, -0.2) is 4.79 Å². The van der Waals surface area contributed by atoms with Crippen LogP contribution in [0.5, 0.6) is 0 Å². The van der Waals surface area contributed by atoms with Gasteiger partial charge < -0.3 is 15.0 Å². The van der Waals surface area contributed by atoms with Crippen molar-refractivity contribution >= 4 is 12.0 Å². The molecule has 5 aliphatic carbocycles. The van der Waals surface area contributed by atoms with E-state index in [9.17, 15) is 9.59 Å². The van der Waals surface area contributed by atoms with Gasteiger partial charge in [-0.2, -0.15) is 0 Å². The molecule has 4 saturated carbocycles. The van der Waals surface area contributed by atoms with Crippen molar-refractivity contribution in [2.24, 2.45) is 23.2 Å². The Morgan fingerprint density at radius 3 is 2.69 bits per heavy atom. The fourth-order valence-corrected chi connectivity index (χ4v) is 8.11. The molecule has 0 aromatic heterocycles. The minimum Gasteiger partial charge on any atom is -0.469 e. The van der Waals surface area contributed by atoms with Gasteiger partial charge in [-0.05, 0) is 80.2 Å². The molecule has 154 valence electrons. The molecule has 5 fully saturated rings. The molecule has 1 aromatic carbocycles. The molecule has 1 saturated heterocycles. The number of aryl methyl sites for hydroxylation is 1. The predicted molar refractivity (Wildman–Crippen MR) is 108 cm³/mol. The molecule has 1 aromatic rings. The van der Waals surface area contributed by atoms with E-state index in [-0.39, 0.29) is 29.0 Å². The van der Waals surface area contributed by atoms with Crippen LogP contribution >= 0.6 is 0 Å². The number of nitrogens with zero attached hydrogens (tertiary/aromatic N) is 1. The zero-order valence-electron chi connectivity index (χ0n) is 17.2. The molecule has 3 atom stereocenters. The van der Waals surface area contributed by atoms with E-state index >= 15 is 0 Å². The van der Waals surface area contributed by atoms with Gasteiger partial charge in [0.15, 0.2) is 0 Å². The first-order valence-electron chi connectivity index (χ1n) is 11.3. The number of rotatable bonds is 2. The number of urea groups is 1. The highest BCUT2D eigenvalue weighted by Gasteiger charge is 2.62. The van der Waals surface area contributed by atoms with Gasteiger partial charge >= 0.3 is 12.0 Å². The Hall–Kier alpha value is -2.04. The van der Waals surface area contributed by atoms with E-state index in [1.807, 2.05) is 0 Å². The number of benzene rings is 1. The summed E-state index contributed by atoms with van der Waals surface area (Å²) >= 11 is 0. The highest BCUT2D eigenvalue weighted by Crippen LogP contribution is 2.62. The molecule has 1 spiro atoms. The topological polar surface area (TPSA) is 58.6 Å². The third-order valence-corrected chi connectivity index (χ3v) is 8.83. The minimum absolute atomic E-state index is 0.0149. The van der Waals surface area contributed by atoms with Gasteiger partial charge in [0, 0.05) is 6.04 Å². The van der Waals surface area contributed by atoms with Crippen LogP contribution in [0.1, 0.15) is 56.1 Å². The highest BCUT2D eigenvalue weighted by molar-refractivity contribution is 5.80. The summed E-state index contributed by atoms with van der Waals surface area (Å²) in [5, 5.41) is 3.42. The van der Waals surface area contributed by atoms with Crippen molar-refractivity contribution in [3.8, 4) is 0 Å². The number of carbonyl (C=O) groups excluding carboxylic acids is 2. The first-order chi connectivity index (χ1) is 14.0. The van der Waals surface area contributed by atoms with Crippen molar-refractivity contribution in [2.75, 3.05) is 13.7 Å². The monoisotopic (exact) mass is 394 g/mol. The average molecular weight is 395 g/mol. The highest BCUT2D eigenvalue weighted by atomic mass is 16.5. The maximum Gasteiger partial charge on any atom is 0.318 e. The van der Waals surface area contributed by atoms with Crippen molar-refractivity contribution in [2.45, 2.75) is 62.9 Å². The lowest BCUT2D eigenvalue weighted by Crippen LogP contribution is -2.61. The van der Waals surface area contributed by atoms with E-state index in [1.165, 1.54) is 18.2 Å². The molecule has 2 amide bonds. The van der Waals surface area contributed by atoms with Gasteiger partial charge in [0.25, 0.3) is 0 Å². The van der Waals surface area contributed by atoms with Crippen LogP contribution in [0.3, 0.4) is 0 Å². The second-order valence-corrected chi connectivity index (χ2v) is 10.4. The van der Waals surface area contributed by atoms with E-state index < -0.39 is 0 Å². The number of methoxy groups -OCH3 is 1. The summed E-state index contributed by atoms with van der Waals surface area (Å²) in [6.45, 7) is 0.774. The standard InChI is InChI=1S/C24H30N2O3/c1-29-21(27)23-11-15-9-17(12-23)20(18(10-15)13-23)26-14-24(25-22(26)28)8-4-6-16-5-2-3-7-19(16)24/h2-3,5,7,15,17-18,20H,4,6,8-14H2,1H3,(H,25,28). The average Bonchev–Trinajstić information content (AvgIpc) is 3.03. The Bertz CT molecular complexity index is 867. The van der Waals surface area contributed by atoms with Gasteiger partial charge in [0.2, 0.25) is 0 Å². The Balaban J connectivity index is 1.31. The van der Waals surface area contributed by atoms with Gasteiger partial charge in [0.1, 0.15) is 0 Å². The van der Waals surface area contributed by atoms with E-state index in [2.05, 4.69) is 34.5 Å². The van der Waals surface area contributed by atoms with Crippen molar-refractivity contribution in [3.05, 3.63) is 35.4 Å². The minimum atomic E-state index is -0.285. The lowest BCUT2D eigenvalue weighted by Gasteiger charge is -2.60. The normalized spacial score (nSPS) is 42.1. The fourth-order valence-electron chi connectivity index (χ4n) is 8.11. The summed E-state index contributed by atoms with van der Waals surface area (Å²) in [4.78, 5) is 28.1. The van der Waals surface area contributed by atoms with Crippen molar-refractivity contribution in [1.29, 1.82) is 0 Å². The SMILES string of the molecule is COC(=O)C12CC3CC(C1)C(N1CC4(CCCc5ccccc54)NC1=O)C(C3)C2. The van der Waals surface area contributed by atoms with Crippen LogP contribution in [0.2, 0.25) is 0 Å². The quantitative estimate of drug-likeness (QED) is 0.780.